The maximum Gasteiger partial charge on any atom is 0.222 e. The van der Waals surface area contributed by atoms with Gasteiger partial charge in [0, 0.05) is 12.0 Å². The van der Waals surface area contributed by atoms with Crippen LogP contribution in [0, 0.1) is 12.3 Å². The van der Waals surface area contributed by atoms with Gasteiger partial charge in [0.15, 0.2) is 0 Å². The Hall–Kier alpha value is -1.01. The highest BCUT2D eigenvalue weighted by Crippen LogP contribution is 2.30. The molecule has 0 saturated heterocycles. The average Bonchev–Trinajstić information content (AvgIpc) is 2.37. The van der Waals surface area contributed by atoms with E-state index in [2.05, 4.69) is 16.6 Å². The van der Waals surface area contributed by atoms with Crippen molar-refractivity contribution in [2.24, 2.45) is 0 Å². The predicted octanol–water partition coefficient (Wildman–Crippen LogP) is 1.83. The summed E-state index contributed by atoms with van der Waals surface area (Å²) >= 11 is 0. The molecule has 1 aliphatic carbocycles. The van der Waals surface area contributed by atoms with E-state index in [1.807, 2.05) is 14.0 Å². The lowest BCUT2D eigenvalue weighted by Gasteiger charge is -2.36. The lowest BCUT2D eigenvalue weighted by atomic mass is 9.79. The maximum atomic E-state index is 12.0. The van der Waals surface area contributed by atoms with Crippen LogP contribution in [0.5, 0.6) is 0 Å². The molecule has 1 aliphatic rings. The zero-order chi connectivity index (χ0) is 12.7. The molecule has 0 spiro atoms. The standard InChI is InChI=1S/C14H24N2O/c1-4-12(5-2)16-13(17)11-14(15-3)9-7-6-8-10-14/h1,12,15H,5-11H2,2-3H3,(H,16,17). The molecule has 0 heterocycles. The van der Waals surface area contributed by atoms with Crippen LogP contribution in [0.25, 0.3) is 0 Å². The molecule has 0 aromatic carbocycles. The fraction of sp³-hybridized carbons (Fsp3) is 0.786. The Labute approximate surface area is 105 Å². The smallest absolute Gasteiger partial charge is 0.222 e. The van der Waals surface area contributed by atoms with Gasteiger partial charge in [-0.1, -0.05) is 32.1 Å². The Balaban J connectivity index is 2.50. The molecule has 1 unspecified atom stereocenters. The fourth-order valence-electron chi connectivity index (χ4n) is 2.56. The van der Waals surface area contributed by atoms with Gasteiger partial charge in [-0.3, -0.25) is 4.79 Å². The van der Waals surface area contributed by atoms with Crippen molar-refractivity contribution in [3.63, 3.8) is 0 Å². The minimum atomic E-state index is -0.125. The summed E-state index contributed by atoms with van der Waals surface area (Å²) in [6.45, 7) is 1.99. The number of terminal acetylenes is 1. The third-order valence-corrected chi connectivity index (χ3v) is 3.78. The molecule has 0 aromatic heterocycles. The van der Waals surface area contributed by atoms with Gasteiger partial charge < -0.3 is 10.6 Å². The molecule has 1 atom stereocenters. The molecule has 17 heavy (non-hydrogen) atoms. The summed E-state index contributed by atoms with van der Waals surface area (Å²) in [5.41, 5.74) is -0.00474. The second-order valence-electron chi connectivity index (χ2n) is 4.96. The van der Waals surface area contributed by atoms with Gasteiger partial charge >= 0.3 is 0 Å². The molecule has 3 nitrogen and oxygen atoms in total. The molecule has 3 heteroatoms. The van der Waals surface area contributed by atoms with E-state index in [1.54, 1.807) is 0 Å². The van der Waals surface area contributed by atoms with Crippen LogP contribution in [0.3, 0.4) is 0 Å². The molecule has 0 bridgehead atoms. The summed E-state index contributed by atoms with van der Waals surface area (Å²) in [5.74, 6) is 2.67. The Morgan fingerprint density at radius 3 is 2.53 bits per heavy atom. The van der Waals surface area contributed by atoms with E-state index >= 15 is 0 Å². The first-order valence-corrected chi connectivity index (χ1v) is 6.60. The minimum Gasteiger partial charge on any atom is -0.342 e. The number of amides is 1. The fourth-order valence-corrected chi connectivity index (χ4v) is 2.56. The number of carbonyl (C=O) groups excluding carboxylic acids is 1. The monoisotopic (exact) mass is 236 g/mol. The van der Waals surface area contributed by atoms with Crippen LogP contribution in [0.2, 0.25) is 0 Å². The molecule has 1 rings (SSSR count). The van der Waals surface area contributed by atoms with Crippen LogP contribution in [0.1, 0.15) is 51.9 Å². The molecule has 96 valence electrons. The second-order valence-corrected chi connectivity index (χ2v) is 4.96. The topological polar surface area (TPSA) is 41.1 Å². The van der Waals surface area contributed by atoms with Gasteiger partial charge in [0.1, 0.15) is 0 Å². The highest BCUT2D eigenvalue weighted by atomic mass is 16.1. The van der Waals surface area contributed by atoms with Crippen molar-refractivity contribution in [3.05, 3.63) is 0 Å². The summed E-state index contributed by atoms with van der Waals surface area (Å²) in [5, 5.41) is 6.25. The normalized spacial score (nSPS) is 20.3. The molecular formula is C14H24N2O. The highest BCUT2D eigenvalue weighted by molar-refractivity contribution is 5.78. The SMILES string of the molecule is C#CC(CC)NC(=O)CC1(NC)CCCCC1. The van der Waals surface area contributed by atoms with Crippen molar-refractivity contribution < 1.29 is 4.79 Å². The van der Waals surface area contributed by atoms with Gasteiger partial charge in [-0.05, 0) is 26.3 Å². The third-order valence-electron chi connectivity index (χ3n) is 3.78. The summed E-state index contributed by atoms with van der Waals surface area (Å²) < 4.78 is 0. The van der Waals surface area contributed by atoms with Crippen LogP contribution >= 0.6 is 0 Å². The maximum absolute atomic E-state index is 12.0. The van der Waals surface area contributed by atoms with Crippen LogP contribution in [-0.2, 0) is 4.79 Å². The minimum absolute atomic E-state index is 0.00474. The molecule has 0 aliphatic heterocycles. The number of hydrogen-bond donors (Lipinski definition) is 2. The summed E-state index contributed by atoms with van der Waals surface area (Å²) in [7, 11) is 1.96. The molecule has 1 amide bonds. The lowest BCUT2D eigenvalue weighted by molar-refractivity contribution is -0.123. The Kier molecular flexibility index (Phi) is 5.50. The van der Waals surface area contributed by atoms with Crippen molar-refractivity contribution in [2.45, 2.75) is 63.5 Å². The molecule has 2 N–H and O–H groups in total. The Morgan fingerprint density at radius 2 is 2.06 bits per heavy atom. The number of nitrogens with one attached hydrogen (secondary N) is 2. The summed E-state index contributed by atoms with van der Waals surface area (Å²) in [6.07, 6.45) is 12.6. The Bertz CT molecular complexity index is 287. The molecule has 1 saturated carbocycles. The van der Waals surface area contributed by atoms with E-state index in [4.69, 9.17) is 6.42 Å². The van der Waals surface area contributed by atoms with E-state index in [-0.39, 0.29) is 17.5 Å². The first-order valence-electron chi connectivity index (χ1n) is 6.60. The van der Waals surface area contributed by atoms with Crippen molar-refractivity contribution in [3.8, 4) is 12.3 Å². The molecule has 0 radical (unpaired) electrons. The van der Waals surface area contributed by atoms with E-state index in [1.165, 1.54) is 19.3 Å². The first kappa shape index (κ1) is 14.1. The quantitative estimate of drug-likeness (QED) is 0.715. The zero-order valence-electron chi connectivity index (χ0n) is 11.0. The molecule has 0 aromatic rings. The zero-order valence-corrected chi connectivity index (χ0v) is 11.0. The predicted molar refractivity (Wildman–Crippen MR) is 70.5 cm³/mol. The van der Waals surface area contributed by atoms with Gasteiger partial charge in [-0.15, -0.1) is 6.42 Å². The first-order chi connectivity index (χ1) is 8.15. The van der Waals surface area contributed by atoms with E-state index in [0.717, 1.165) is 19.3 Å². The molecule has 1 fully saturated rings. The van der Waals surface area contributed by atoms with Gasteiger partial charge in [0.25, 0.3) is 0 Å². The number of rotatable bonds is 5. The van der Waals surface area contributed by atoms with E-state index in [9.17, 15) is 4.79 Å². The Morgan fingerprint density at radius 1 is 1.41 bits per heavy atom. The van der Waals surface area contributed by atoms with Gasteiger partial charge in [-0.25, -0.2) is 0 Å². The van der Waals surface area contributed by atoms with Crippen LogP contribution in [-0.4, -0.2) is 24.5 Å². The largest absolute Gasteiger partial charge is 0.342 e. The van der Waals surface area contributed by atoms with Crippen molar-refractivity contribution >= 4 is 5.91 Å². The van der Waals surface area contributed by atoms with Crippen LogP contribution in [0.15, 0.2) is 0 Å². The number of hydrogen-bond acceptors (Lipinski definition) is 2. The van der Waals surface area contributed by atoms with Gasteiger partial charge in [0.2, 0.25) is 5.91 Å². The summed E-state index contributed by atoms with van der Waals surface area (Å²) in [4.78, 5) is 12.0. The third kappa shape index (κ3) is 4.05. The molecular weight excluding hydrogens is 212 g/mol. The average molecular weight is 236 g/mol. The van der Waals surface area contributed by atoms with E-state index in [0.29, 0.717) is 6.42 Å². The highest BCUT2D eigenvalue weighted by Gasteiger charge is 2.32. The van der Waals surface area contributed by atoms with Crippen LogP contribution < -0.4 is 10.6 Å². The van der Waals surface area contributed by atoms with Crippen LogP contribution in [0.4, 0.5) is 0 Å². The second kappa shape index (κ2) is 6.66. The van der Waals surface area contributed by atoms with Gasteiger partial charge in [0.05, 0.1) is 6.04 Å². The van der Waals surface area contributed by atoms with Crippen molar-refractivity contribution in [1.82, 2.24) is 10.6 Å². The lowest BCUT2D eigenvalue weighted by Crippen LogP contribution is -2.49. The van der Waals surface area contributed by atoms with Gasteiger partial charge in [-0.2, -0.15) is 0 Å². The summed E-state index contributed by atoms with van der Waals surface area (Å²) in [6, 6.07) is -0.125. The van der Waals surface area contributed by atoms with E-state index < -0.39 is 0 Å². The van der Waals surface area contributed by atoms with Crippen molar-refractivity contribution in [2.75, 3.05) is 7.05 Å². The number of carbonyl (C=O) groups is 1. The van der Waals surface area contributed by atoms with Crippen molar-refractivity contribution in [1.29, 1.82) is 0 Å².